The van der Waals surface area contributed by atoms with Gasteiger partial charge in [0.25, 0.3) is 0 Å². The molecule has 100 valence electrons. The van der Waals surface area contributed by atoms with Gasteiger partial charge in [-0.05, 0) is 26.0 Å². The Morgan fingerprint density at radius 3 is 3.00 bits per heavy atom. The third kappa shape index (κ3) is 2.90. The Kier molecular flexibility index (Phi) is 3.79. The van der Waals surface area contributed by atoms with E-state index in [1.54, 1.807) is 24.7 Å². The zero-order valence-corrected chi connectivity index (χ0v) is 10.8. The van der Waals surface area contributed by atoms with E-state index >= 15 is 0 Å². The Hall–Kier alpha value is -2.37. The second kappa shape index (κ2) is 5.51. The van der Waals surface area contributed by atoms with Gasteiger partial charge in [0, 0.05) is 12.2 Å². The van der Waals surface area contributed by atoms with Crippen molar-refractivity contribution in [3.8, 4) is 5.75 Å². The van der Waals surface area contributed by atoms with E-state index in [1.165, 1.54) is 6.20 Å². The minimum atomic E-state index is -1.10. The summed E-state index contributed by atoms with van der Waals surface area (Å²) in [5, 5.41) is 9.01. The first-order valence-electron chi connectivity index (χ1n) is 5.91. The number of hydrogen-bond donors (Lipinski definition) is 1. The van der Waals surface area contributed by atoms with Crippen LogP contribution in [0.15, 0.2) is 30.9 Å². The maximum Gasteiger partial charge on any atom is 0.358 e. The summed E-state index contributed by atoms with van der Waals surface area (Å²) in [6.45, 7) is 4.33. The summed E-state index contributed by atoms with van der Waals surface area (Å²) in [7, 11) is 0. The number of aromatic carboxylic acids is 1. The van der Waals surface area contributed by atoms with Crippen molar-refractivity contribution in [2.24, 2.45) is 0 Å². The van der Waals surface area contributed by atoms with Crippen molar-refractivity contribution < 1.29 is 14.6 Å². The van der Waals surface area contributed by atoms with Gasteiger partial charge in [-0.25, -0.2) is 14.8 Å². The Morgan fingerprint density at radius 2 is 2.32 bits per heavy atom. The fourth-order valence-electron chi connectivity index (χ4n) is 1.73. The van der Waals surface area contributed by atoms with Gasteiger partial charge in [-0.1, -0.05) is 0 Å². The molecule has 0 saturated carbocycles. The Balaban J connectivity index is 2.15. The highest BCUT2D eigenvalue weighted by Gasteiger charge is 2.13. The highest BCUT2D eigenvalue weighted by molar-refractivity contribution is 5.88. The number of imidazole rings is 1. The van der Waals surface area contributed by atoms with Gasteiger partial charge in [0.1, 0.15) is 6.61 Å². The fraction of sp³-hybridized carbons (Fsp3) is 0.308. The minimum absolute atomic E-state index is 0.0851. The highest BCUT2D eigenvalue weighted by atomic mass is 16.5. The average molecular weight is 261 g/mol. The van der Waals surface area contributed by atoms with Gasteiger partial charge in [-0.3, -0.25) is 0 Å². The monoisotopic (exact) mass is 261 g/mol. The van der Waals surface area contributed by atoms with Crippen molar-refractivity contribution in [2.45, 2.75) is 26.5 Å². The quantitative estimate of drug-likeness (QED) is 0.892. The molecule has 6 nitrogen and oxygen atoms in total. The molecule has 2 heterocycles. The Morgan fingerprint density at radius 1 is 1.53 bits per heavy atom. The van der Waals surface area contributed by atoms with Crippen LogP contribution in [0.2, 0.25) is 0 Å². The van der Waals surface area contributed by atoms with E-state index in [1.807, 2.05) is 18.4 Å². The second-order valence-corrected chi connectivity index (χ2v) is 4.33. The van der Waals surface area contributed by atoms with Crippen molar-refractivity contribution in [3.63, 3.8) is 0 Å². The van der Waals surface area contributed by atoms with Crippen LogP contribution >= 0.6 is 0 Å². The number of pyridine rings is 1. The summed E-state index contributed by atoms with van der Waals surface area (Å²) in [4.78, 5) is 18.9. The van der Waals surface area contributed by atoms with Crippen LogP contribution in [0.3, 0.4) is 0 Å². The summed E-state index contributed by atoms with van der Waals surface area (Å²) in [6, 6.07) is 3.50. The summed E-state index contributed by atoms with van der Waals surface area (Å²) < 4.78 is 7.50. The van der Waals surface area contributed by atoms with Gasteiger partial charge in [-0.15, -0.1) is 0 Å². The lowest BCUT2D eigenvalue weighted by Crippen LogP contribution is -2.09. The van der Waals surface area contributed by atoms with Crippen LogP contribution in [-0.4, -0.2) is 25.6 Å². The number of ether oxygens (including phenoxy) is 1. The minimum Gasteiger partial charge on any atom is -0.485 e. The van der Waals surface area contributed by atoms with Crippen molar-refractivity contribution in [1.29, 1.82) is 0 Å². The Bertz CT molecular complexity index is 578. The van der Waals surface area contributed by atoms with E-state index in [4.69, 9.17) is 9.84 Å². The normalized spacial score (nSPS) is 10.7. The maximum absolute atomic E-state index is 11.0. The average Bonchev–Trinajstić information content (AvgIpc) is 2.85. The molecule has 0 amide bonds. The molecular formula is C13H15N3O3. The summed E-state index contributed by atoms with van der Waals surface area (Å²) >= 11 is 0. The molecule has 0 aliphatic rings. The number of carboxylic acid groups (broad SMARTS) is 1. The SMILES string of the molecule is CC(C)n1cncc1COc1cccnc1C(=O)O. The summed E-state index contributed by atoms with van der Waals surface area (Å²) in [5.41, 5.74) is 0.799. The number of nitrogens with zero attached hydrogens (tertiary/aromatic N) is 3. The molecule has 2 aromatic heterocycles. The summed E-state index contributed by atoms with van der Waals surface area (Å²) in [6.07, 6.45) is 4.86. The number of carboxylic acids is 1. The first-order chi connectivity index (χ1) is 9.09. The van der Waals surface area contributed by atoms with Crippen LogP contribution in [0.4, 0.5) is 0 Å². The van der Waals surface area contributed by atoms with E-state index in [9.17, 15) is 4.79 Å². The van der Waals surface area contributed by atoms with Gasteiger partial charge in [-0.2, -0.15) is 0 Å². The van der Waals surface area contributed by atoms with Crippen molar-refractivity contribution in [3.05, 3.63) is 42.2 Å². The third-order valence-corrected chi connectivity index (χ3v) is 2.65. The van der Waals surface area contributed by atoms with Gasteiger partial charge >= 0.3 is 5.97 Å². The molecular weight excluding hydrogens is 246 g/mol. The largest absolute Gasteiger partial charge is 0.485 e. The van der Waals surface area contributed by atoms with Crippen molar-refractivity contribution >= 4 is 5.97 Å². The molecule has 2 aromatic rings. The topological polar surface area (TPSA) is 77.2 Å². The second-order valence-electron chi connectivity index (χ2n) is 4.33. The lowest BCUT2D eigenvalue weighted by atomic mass is 10.3. The molecule has 0 fully saturated rings. The predicted octanol–water partition coefficient (Wildman–Crippen LogP) is 2.14. The van der Waals surface area contributed by atoms with Crippen LogP contribution in [0.5, 0.6) is 5.75 Å². The van der Waals surface area contributed by atoms with Crippen LogP contribution in [0, 0.1) is 0 Å². The number of hydrogen-bond acceptors (Lipinski definition) is 4. The third-order valence-electron chi connectivity index (χ3n) is 2.65. The smallest absolute Gasteiger partial charge is 0.358 e. The van der Waals surface area contributed by atoms with E-state index < -0.39 is 5.97 Å². The predicted molar refractivity (Wildman–Crippen MR) is 68.1 cm³/mol. The maximum atomic E-state index is 11.0. The molecule has 19 heavy (non-hydrogen) atoms. The lowest BCUT2D eigenvalue weighted by Gasteiger charge is -2.13. The number of aromatic nitrogens is 3. The molecule has 0 radical (unpaired) electrons. The van der Waals surface area contributed by atoms with Gasteiger partial charge in [0.05, 0.1) is 18.2 Å². The molecule has 0 unspecified atom stereocenters. The van der Waals surface area contributed by atoms with Crippen LogP contribution < -0.4 is 4.74 Å². The molecule has 0 bridgehead atoms. The molecule has 6 heteroatoms. The zero-order valence-electron chi connectivity index (χ0n) is 10.8. The lowest BCUT2D eigenvalue weighted by molar-refractivity contribution is 0.0684. The summed E-state index contributed by atoms with van der Waals surface area (Å²) in [5.74, 6) is -0.848. The number of carbonyl (C=O) groups is 1. The van der Waals surface area contributed by atoms with E-state index in [0.29, 0.717) is 0 Å². The zero-order chi connectivity index (χ0) is 13.8. The standard InChI is InChI=1S/C13H15N3O3/c1-9(2)16-8-14-6-10(16)7-19-11-4-3-5-15-12(11)13(17)18/h3-6,8-9H,7H2,1-2H3,(H,17,18). The molecule has 0 saturated heterocycles. The molecule has 0 spiro atoms. The molecule has 1 N–H and O–H groups in total. The van der Waals surface area contributed by atoms with Crippen LogP contribution in [-0.2, 0) is 6.61 Å². The number of rotatable bonds is 5. The molecule has 0 atom stereocenters. The van der Waals surface area contributed by atoms with Gasteiger partial charge in [0.2, 0.25) is 0 Å². The molecule has 2 rings (SSSR count). The highest BCUT2D eigenvalue weighted by Crippen LogP contribution is 2.18. The van der Waals surface area contributed by atoms with Crippen molar-refractivity contribution in [1.82, 2.24) is 14.5 Å². The molecule has 0 aromatic carbocycles. The van der Waals surface area contributed by atoms with Gasteiger partial charge < -0.3 is 14.4 Å². The van der Waals surface area contributed by atoms with Crippen LogP contribution in [0.25, 0.3) is 0 Å². The molecule has 0 aliphatic heterocycles. The van der Waals surface area contributed by atoms with Crippen LogP contribution in [0.1, 0.15) is 36.1 Å². The van der Waals surface area contributed by atoms with E-state index in [0.717, 1.165) is 5.69 Å². The first-order valence-corrected chi connectivity index (χ1v) is 5.91. The van der Waals surface area contributed by atoms with Crippen molar-refractivity contribution in [2.75, 3.05) is 0 Å². The van der Waals surface area contributed by atoms with E-state index in [-0.39, 0.29) is 24.1 Å². The molecule has 0 aliphatic carbocycles. The Labute approximate surface area is 110 Å². The fourth-order valence-corrected chi connectivity index (χ4v) is 1.73. The first kappa shape index (κ1) is 13.1. The van der Waals surface area contributed by atoms with Gasteiger partial charge in [0.15, 0.2) is 11.4 Å². The van der Waals surface area contributed by atoms with E-state index in [2.05, 4.69) is 9.97 Å².